The summed E-state index contributed by atoms with van der Waals surface area (Å²) in [5.41, 5.74) is 6.18. The number of nitrogens with zero attached hydrogens (tertiary/aromatic N) is 1. The first-order valence-corrected chi connectivity index (χ1v) is 8.36. The molecule has 0 aliphatic heterocycles. The molecule has 0 bridgehead atoms. The van der Waals surface area contributed by atoms with Crippen LogP contribution in [0.1, 0.15) is 56.2 Å². The van der Waals surface area contributed by atoms with Crippen molar-refractivity contribution >= 4 is 23.2 Å². The van der Waals surface area contributed by atoms with Crippen molar-refractivity contribution in [1.29, 1.82) is 0 Å². The van der Waals surface area contributed by atoms with Crippen molar-refractivity contribution in [1.82, 2.24) is 10.3 Å². The highest BCUT2D eigenvalue weighted by Gasteiger charge is 2.26. The molecule has 1 aromatic heterocycles. The number of nitrogens with one attached hydrogen (secondary N) is 1. The molecule has 2 rings (SSSR count). The number of hydrogen-bond donors (Lipinski definition) is 2. The van der Waals surface area contributed by atoms with Crippen molar-refractivity contribution < 1.29 is 9.59 Å². The van der Waals surface area contributed by atoms with Crippen molar-refractivity contribution in [3.63, 3.8) is 0 Å². The van der Waals surface area contributed by atoms with Gasteiger partial charge in [-0.3, -0.25) is 9.59 Å². The van der Waals surface area contributed by atoms with Crippen LogP contribution in [0.15, 0.2) is 5.38 Å². The number of nitrogens with two attached hydrogens (primary N) is 1. The summed E-state index contributed by atoms with van der Waals surface area (Å²) in [6.45, 7) is 4.18. The second-order valence-electron chi connectivity index (χ2n) is 6.04. The Bertz CT molecular complexity index is 513. The minimum absolute atomic E-state index is 0.0225. The van der Waals surface area contributed by atoms with Crippen LogP contribution in [0.25, 0.3) is 0 Å². The van der Waals surface area contributed by atoms with Crippen LogP contribution in [0.3, 0.4) is 0 Å². The Labute approximate surface area is 129 Å². The van der Waals surface area contributed by atoms with Crippen LogP contribution < -0.4 is 11.1 Å². The van der Waals surface area contributed by atoms with Gasteiger partial charge in [-0.2, -0.15) is 0 Å². The molecular formula is C15H23N3O2S. The summed E-state index contributed by atoms with van der Waals surface area (Å²) in [6, 6.07) is 0.0620. The van der Waals surface area contributed by atoms with E-state index in [2.05, 4.69) is 24.1 Å². The molecule has 2 amide bonds. The van der Waals surface area contributed by atoms with E-state index in [1.54, 1.807) is 11.3 Å². The number of primary amides is 1. The van der Waals surface area contributed by atoms with Crippen LogP contribution in [0.4, 0.5) is 0 Å². The van der Waals surface area contributed by atoms with E-state index in [1.807, 2.05) is 5.38 Å². The fourth-order valence-corrected chi connectivity index (χ4v) is 3.53. The molecular weight excluding hydrogens is 286 g/mol. The van der Waals surface area contributed by atoms with Gasteiger partial charge in [0.15, 0.2) is 0 Å². The molecule has 1 saturated carbocycles. The molecule has 0 saturated heterocycles. The van der Waals surface area contributed by atoms with Crippen molar-refractivity contribution in [2.75, 3.05) is 0 Å². The van der Waals surface area contributed by atoms with E-state index in [4.69, 9.17) is 5.73 Å². The minimum Gasteiger partial charge on any atom is -0.369 e. The van der Waals surface area contributed by atoms with Gasteiger partial charge in [0.2, 0.25) is 11.8 Å². The van der Waals surface area contributed by atoms with Gasteiger partial charge in [0.25, 0.3) is 0 Å². The lowest BCUT2D eigenvalue weighted by atomic mass is 9.85. The van der Waals surface area contributed by atoms with Crippen LogP contribution in [0.2, 0.25) is 0 Å². The number of hydrogen-bond acceptors (Lipinski definition) is 4. The van der Waals surface area contributed by atoms with Crippen molar-refractivity contribution in [3.05, 3.63) is 16.1 Å². The van der Waals surface area contributed by atoms with Gasteiger partial charge < -0.3 is 11.1 Å². The van der Waals surface area contributed by atoms with E-state index in [0.29, 0.717) is 18.8 Å². The normalized spacial score (nSPS) is 22.2. The van der Waals surface area contributed by atoms with E-state index in [9.17, 15) is 9.59 Å². The molecule has 1 fully saturated rings. The summed E-state index contributed by atoms with van der Waals surface area (Å²) in [4.78, 5) is 27.8. The van der Waals surface area contributed by atoms with Gasteiger partial charge in [-0.25, -0.2) is 4.98 Å². The van der Waals surface area contributed by atoms with E-state index < -0.39 is 0 Å². The molecule has 1 aliphatic rings. The lowest BCUT2D eigenvalue weighted by Gasteiger charge is -2.27. The smallest absolute Gasteiger partial charge is 0.226 e. The average molecular weight is 309 g/mol. The minimum atomic E-state index is -0.255. The van der Waals surface area contributed by atoms with Gasteiger partial charge in [0, 0.05) is 23.3 Å². The third-order valence-corrected chi connectivity index (χ3v) is 5.04. The van der Waals surface area contributed by atoms with E-state index in [0.717, 1.165) is 30.0 Å². The monoisotopic (exact) mass is 309 g/mol. The molecule has 1 heterocycles. The zero-order valence-corrected chi connectivity index (χ0v) is 13.4. The van der Waals surface area contributed by atoms with E-state index >= 15 is 0 Å². The highest BCUT2D eigenvalue weighted by atomic mass is 32.1. The fraction of sp³-hybridized carbons (Fsp3) is 0.667. The second kappa shape index (κ2) is 7.02. The fourth-order valence-electron chi connectivity index (χ4n) is 2.69. The Hall–Kier alpha value is -1.43. The van der Waals surface area contributed by atoms with Gasteiger partial charge in [0.05, 0.1) is 17.1 Å². The SMILES string of the molecule is CC(C)c1nc(CC(=O)NC2CCCC(C(N)=O)C2)cs1. The largest absolute Gasteiger partial charge is 0.369 e. The summed E-state index contributed by atoms with van der Waals surface area (Å²) in [7, 11) is 0. The van der Waals surface area contributed by atoms with Gasteiger partial charge in [0.1, 0.15) is 0 Å². The Morgan fingerprint density at radius 2 is 2.24 bits per heavy atom. The van der Waals surface area contributed by atoms with E-state index in [1.165, 1.54) is 0 Å². The number of carbonyl (C=O) groups is 2. The molecule has 5 nitrogen and oxygen atoms in total. The van der Waals surface area contributed by atoms with Gasteiger partial charge in [-0.1, -0.05) is 20.3 Å². The lowest BCUT2D eigenvalue weighted by molar-refractivity contribution is -0.125. The number of thiazole rings is 1. The van der Waals surface area contributed by atoms with Crippen molar-refractivity contribution in [2.45, 2.75) is 57.9 Å². The zero-order chi connectivity index (χ0) is 15.4. The molecule has 6 heteroatoms. The van der Waals surface area contributed by atoms with Crippen LogP contribution in [-0.4, -0.2) is 22.8 Å². The highest BCUT2D eigenvalue weighted by molar-refractivity contribution is 7.09. The highest BCUT2D eigenvalue weighted by Crippen LogP contribution is 2.24. The third kappa shape index (κ3) is 4.52. The first kappa shape index (κ1) is 15.9. The number of rotatable bonds is 5. The van der Waals surface area contributed by atoms with Crippen LogP contribution in [-0.2, 0) is 16.0 Å². The maximum Gasteiger partial charge on any atom is 0.226 e. The molecule has 3 N–H and O–H groups in total. The van der Waals surface area contributed by atoms with Crippen LogP contribution in [0, 0.1) is 5.92 Å². The summed E-state index contributed by atoms with van der Waals surface area (Å²) >= 11 is 1.60. The van der Waals surface area contributed by atoms with Crippen LogP contribution in [0.5, 0.6) is 0 Å². The van der Waals surface area contributed by atoms with E-state index in [-0.39, 0.29) is 23.8 Å². The predicted molar refractivity (Wildman–Crippen MR) is 83.0 cm³/mol. The molecule has 0 aromatic carbocycles. The van der Waals surface area contributed by atoms with Gasteiger partial charge in [-0.05, 0) is 19.3 Å². The quantitative estimate of drug-likeness (QED) is 0.872. The van der Waals surface area contributed by atoms with Crippen molar-refractivity contribution in [3.8, 4) is 0 Å². The van der Waals surface area contributed by atoms with Crippen LogP contribution >= 0.6 is 11.3 Å². The Balaban J connectivity index is 1.84. The van der Waals surface area contributed by atoms with Gasteiger partial charge >= 0.3 is 0 Å². The summed E-state index contributed by atoms with van der Waals surface area (Å²) in [5, 5.41) is 6.01. The maximum atomic E-state index is 12.1. The summed E-state index contributed by atoms with van der Waals surface area (Å²) in [5.74, 6) is 0.0121. The number of aromatic nitrogens is 1. The van der Waals surface area contributed by atoms with Crippen molar-refractivity contribution in [2.24, 2.45) is 11.7 Å². The Kier molecular flexibility index (Phi) is 5.33. The van der Waals surface area contributed by atoms with Gasteiger partial charge in [-0.15, -0.1) is 11.3 Å². The second-order valence-corrected chi connectivity index (χ2v) is 6.93. The molecule has 2 atom stereocenters. The maximum absolute atomic E-state index is 12.1. The third-order valence-electron chi connectivity index (χ3n) is 3.85. The number of amides is 2. The first-order valence-electron chi connectivity index (χ1n) is 7.48. The topological polar surface area (TPSA) is 85.1 Å². The predicted octanol–water partition coefficient (Wildman–Crippen LogP) is 1.97. The number of carbonyl (C=O) groups excluding carboxylic acids is 2. The average Bonchev–Trinajstić information content (AvgIpc) is 2.87. The Morgan fingerprint density at radius 3 is 2.86 bits per heavy atom. The first-order chi connectivity index (χ1) is 9.95. The summed E-state index contributed by atoms with van der Waals surface area (Å²) in [6.07, 6.45) is 3.67. The standard InChI is InChI=1S/C15H23N3O2S/c1-9(2)15-18-12(8-21-15)7-13(19)17-11-5-3-4-10(6-11)14(16)20/h8-11H,3-7H2,1-2H3,(H2,16,20)(H,17,19). The molecule has 0 spiro atoms. The molecule has 1 aliphatic carbocycles. The molecule has 1 aromatic rings. The Morgan fingerprint density at radius 1 is 1.48 bits per heavy atom. The molecule has 0 radical (unpaired) electrons. The molecule has 21 heavy (non-hydrogen) atoms. The molecule has 2 unspecified atom stereocenters. The summed E-state index contributed by atoms with van der Waals surface area (Å²) < 4.78 is 0. The molecule has 116 valence electrons. The zero-order valence-electron chi connectivity index (χ0n) is 12.6. The lowest BCUT2D eigenvalue weighted by Crippen LogP contribution is -2.41.